The van der Waals surface area contributed by atoms with E-state index < -0.39 is 10.0 Å². The fourth-order valence-corrected chi connectivity index (χ4v) is 2.39. The molecule has 21 heavy (non-hydrogen) atoms. The average molecular weight is 326 g/mol. The number of aromatic nitrogens is 1. The predicted molar refractivity (Wildman–Crippen MR) is 80.5 cm³/mol. The van der Waals surface area contributed by atoms with E-state index >= 15 is 0 Å². The van der Waals surface area contributed by atoms with Crippen LogP contribution in [0.25, 0.3) is 0 Å². The number of halogens is 1. The summed E-state index contributed by atoms with van der Waals surface area (Å²) in [6, 6.07) is 9.42. The average Bonchev–Trinajstić information content (AvgIpc) is 2.40. The van der Waals surface area contributed by atoms with Gasteiger partial charge in [-0.2, -0.15) is 0 Å². The Balaban J connectivity index is 2.06. The van der Waals surface area contributed by atoms with Crippen LogP contribution in [-0.4, -0.2) is 19.3 Å². The van der Waals surface area contributed by atoms with Gasteiger partial charge in [0, 0.05) is 11.9 Å². The van der Waals surface area contributed by atoms with Crippen LogP contribution in [0.1, 0.15) is 16.1 Å². The highest BCUT2D eigenvalue weighted by Gasteiger charge is 2.08. The molecule has 0 atom stereocenters. The minimum atomic E-state index is -3.57. The number of sulfonamides is 1. The van der Waals surface area contributed by atoms with Crippen LogP contribution < -0.4 is 10.5 Å². The van der Waals surface area contributed by atoms with E-state index in [9.17, 15) is 13.2 Å². The molecule has 110 valence electrons. The summed E-state index contributed by atoms with van der Waals surface area (Å²) < 4.78 is 21.9. The fraction of sp³-hybridized carbons (Fsp3) is 0.0769. The monoisotopic (exact) mass is 325 g/mol. The quantitative estimate of drug-likeness (QED) is 0.894. The first-order valence-corrected chi connectivity index (χ1v) is 7.95. The van der Waals surface area contributed by atoms with Crippen LogP contribution in [0, 0.1) is 0 Å². The minimum Gasteiger partial charge on any atom is -0.321 e. The van der Waals surface area contributed by atoms with Gasteiger partial charge in [0.05, 0.1) is 10.8 Å². The van der Waals surface area contributed by atoms with E-state index in [-0.39, 0.29) is 17.4 Å². The lowest BCUT2D eigenvalue weighted by Gasteiger charge is -2.06. The third-order valence-corrected chi connectivity index (χ3v) is 3.50. The third kappa shape index (κ3) is 4.82. The summed E-state index contributed by atoms with van der Waals surface area (Å²) in [6.45, 7) is 0. The maximum Gasteiger partial charge on any atom is 0.274 e. The number of anilines is 1. The summed E-state index contributed by atoms with van der Waals surface area (Å²) in [5.74, 6) is -0.633. The number of amides is 1. The van der Waals surface area contributed by atoms with Gasteiger partial charge in [0.2, 0.25) is 10.0 Å². The second-order valence-electron chi connectivity index (χ2n) is 4.32. The number of pyridine rings is 1. The van der Waals surface area contributed by atoms with Crippen LogP contribution in [0.4, 0.5) is 5.69 Å². The zero-order valence-electron chi connectivity index (χ0n) is 10.8. The van der Waals surface area contributed by atoms with Crippen LogP contribution in [0.15, 0.2) is 42.6 Å². The number of primary sulfonamides is 1. The molecule has 2 aromatic rings. The van der Waals surface area contributed by atoms with Gasteiger partial charge < -0.3 is 5.32 Å². The normalized spacial score (nSPS) is 11.1. The van der Waals surface area contributed by atoms with Crippen molar-refractivity contribution in [2.45, 2.75) is 5.75 Å². The molecule has 0 aliphatic heterocycles. The van der Waals surface area contributed by atoms with E-state index in [0.29, 0.717) is 16.3 Å². The molecule has 1 amide bonds. The summed E-state index contributed by atoms with van der Waals surface area (Å²) in [5, 5.41) is 8.04. The Morgan fingerprint density at radius 2 is 1.86 bits per heavy atom. The molecule has 0 unspecified atom stereocenters. The maximum absolute atomic E-state index is 11.9. The second kappa shape index (κ2) is 6.21. The lowest BCUT2D eigenvalue weighted by atomic mass is 10.2. The first-order chi connectivity index (χ1) is 9.83. The van der Waals surface area contributed by atoms with E-state index in [0.717, 1.165) is 0 Å². The molecular formula is C13H12ClN3O3S. The molecule has 0 fully saturated rings. The number of rotatable bonds is 4. The molecule has 2 rings (SSSR count). The van der Waals surface area contributed by atoms with Crippen molar-refractivity contribution in [3.63, 3.8) is 0 Å². The van der Waals surface area contributed by atoms with Crippen molar-refractivity contribution in [3.8, 4) is 0 Å². The molecule has 0 aliphatic rings. The Hall–Kier alpha value is -1.96. The van der Waals surface area contributed by atoms with Crippen molar-refractivity contribution in [1.29, 1.82) is 0 Å². The summed E-state index contributed by atoms with van der Waals surface area (Å²) in [6.07, 6.45) is 1.38. The van der Waals surface area contributed by atoms with E-state index in [2.05, 4.69) is 10.3 Å². The first kappa shape index (κ1) is 15.4. The van der Waals surface area contributed by atoms with Gasteiger partial charge in [-0.25, -0.2) is 18.5 Å². The van der Waals surface area contributed by atoms with E-state index in [1.807, 2.05) is 0 Å². The molecule has 3 N–H and O–H groups in total. The third-order valence-electron chi connectivity index (χ3n) is 2.54. The molecule has 1 heterocycles. The highest BCUT2D eigenvalue weighted by molar-refractivity contribution is 7.88. The molecule has 0 saturated carbocycles. The molecule has 1 aromatic heterocycles. The van der Waals surface area contributed by atoms with Gasteiger partial charge in [0.1, 0.15) is 5.69 Å². The van der Waals surface area contributed by atoms with Gasteiger partial charge in [-0.05, 0) is 29.8 Å². The molecule has 0 bridgehead atoms. The molecule has 1 aromatic carbocycles. The van der Waals surface area contributed by atoms with Crippen LogP contribution in [0.2, 0.25) is 5.02 Å². The standard InChI is InChI=1S/C13H12ClN3O3S/c14-10-3-6-12(16-7-10)13(18)17-11-4-1-9(2-5-11)8-21(15,19)20/h1-7H,8H2,(H,17,18)(H2,15,19,20). The molecule has 0 aliphatic carbocycles. The van der Waals surface area contributed by atoms with Gasteiger partial charge in [0.25, 0.3) is 5.91 Å². The van der Waals surface area contributed by atoms with Gasteiger partial charge >= 0.3 is 0 Å². The molecule has 0 saturated heterocycles. The van der Waals surface area contributed by atoms with Crippen LogP contribution >= 0.6 is 11.6 Å². The molecule has 0 spiro atoms. The van der Waals surface area contributed by atoms with Gasteiger partial charge in [-0.3, -0.25) is 4.79 Å². The number of nitrogens with two attached hydrogens (primary N) is 1. The highest BCUT2D eigenvalue weighted by atomic mass is 35.5. The molecular weight excluding hydrogens is 314 g/mol. The summed E-state index contributed by atoms with van der Waals surface area (Å²) >= 11 is 5.69. The Bertz CT molecular complexity index is 743. The summed E-state index contributed by atoms with van der Waals surface area (Å²) in [5.41, 5.74) is 1.29. The van der Waals surface area contributed by atoms with Crippen molar-refractivity contribution < 1.29 is 13.2 Å². The zero-order valence-corrected chi connectivity index (χ0v) is 12.4. The minimum absolute atomic E-state index is 0.230. The summed E-state index contributed by atoms with van der Waals surface area (Å²) in [7, 11) is -3.57. The SMILES string of the molecule is NS(=O)(=O)Cc1ccc(NC(=O)c2ccc(Cl)cn2)cc1. The van der Waals surface area contributed by atoms with Crippen LogP contribution in [0.5, 0.6) is 0 Å². The Kier molecular flexibility index (Phi) is 4.56. The van der Waals surface area contributed by atoms with Crippen molar-refractivity contribution in [2.75, 3.05) is 5.32 Å². The molecule has 8 heteroatoms. The smallest absolute Gasteiger partial charge is 0.274 e. The van der Waals surface area contributed by atoms with Crippen molar-refractivity contribution in [2.24, 2.45) is 5.14 Å². The second-order valence-corrected chi connectivity index (χ2v) is 6.37. The number of hydrogen-bond donors (Lipinski definition) is 2. The van der Waals surface area contributed by atoms with Gasteiger partial charge in [0.15, 0.2) is 0 Å². The fourth-order valence-electron chi connectivity index (χ4n) is 1.62. The lowest BCUT2D eigenvalue weighted by Crippen LogP contribution is -2.15. The van der Waals surface area contributed by atoms with E-state index in [1.54, 1.807) is 30.3 Å². The van der Waals surface area contributed by atoms with E-state index in [4.69, 9.17) is 16.7 Å². The number of nitrogens with zero attached hydrogens (tertiary/aromatic N) is 1. The number of benzene rings is 1. The van der Waals surface area contributed by atoms with Gasteiger partial charge in [-0.1, -0.05) is 23.7 Å². The number of carbonyl (C=O) groups excluding carboxylic acids is 1. The Labute approximate surface area is 127 Å². The van der Waals surface area contributed by atoms with Crippen molar-refractivity contribution in [1.82, 2.24) is 4.98 Å². The molecule has 6 nitrogen and oxygen atoms in total. The van der Waals surface area contributed by atoms with Crippen LogP contribution in [0.3, 0.4) is 0 Å². The van der Waals surface area contributed by atoms with Gasteiger partial charge in [-0.15, -0.1) is 0 Å². The first-order valence-electron chi connectivity index (χ1n) is 5.86. The Morgan fingerprint density at radius 1 is 1.19 bits per heavy atom. The number of hydrogen-bond acceptors (Lipinski definition) is 4. The predicted octanol–water partition coefficient (Wildman–Crippen LogP) is 1.78. The number of carbonyl (C=O) groups is 1. The Morgan fingerprint density at radius 3 is 2.38 bits per heavy atom. The molecule has 0 radical (unpaired) electrons. The van der Waals surface area contributed by atoms with Crippen LogP contribution in [-0.2, 0) is 15.8 Å². The number of nitrogens with one attached hydrogen (secondary N) is 1. The van der Waals surface area contributed by atoms with Crippen molar-refractivity contribution >= 4 is 33.2 Å². The largest absolute Gasteiger partial charge is 0.321 e. The maximum atomic E-state index is 11.9. The van der Waals surface area contributed by atoms with Crippen molar-refractivity contribution in [3.05, 3.63) is 58.9 Å². The van der Waals surface area contributed by atoms with E-state index in [1.165, 1.54) is 12.3 Å². The summed E-state index contributed by atoms with van der Waals surface area (Å²) in [4.78, 5) is 15.8. The lowest BCUT2D eigenvalue weighted by molar-refractivity contribution is 0.102. The topological polar surface area (TPSA) is 102 Å². The highest BCUT2D eigenvalue weighted by Crippen LogP contribution is 2.13. The zero-order chi connectivity index (χ0) is 15.5.